The number of nitrogens with one attached hydrogen (secondary N) is 1. The van der Waals surface area contributed by atoms with Crippen LogP contribution < -0.4 is 4.74 Å². The maximum Gasteiger partial charge on any atom is 0.182 e. The van der Waals surface area contributed by atoms with Gasteiger partial charge in [0.2, 0.25) is 0 Å². The fourth-order valence-corrected chi connectivity index (χ4v) is 2.89. The van der Waals surface area contributed by atoms with Crippen LogP contribution in [0.15, 0.2) is 40.9 Å². The van der Waals surface area contributed by atoms with E-state index in [4.69, 9.17) is 28.6 Å². The number of benzene rings is 2. The molecule has 0 fully saturated rings. The molecule has 20 heavy (non-hydrogen) atoms. The Balaban J connectivity index is 2.31. The molecule has 0 aliphatic heterocycles. The van der Waals surface area contributed by atoms with E-state index in [9.17, 15) is 0 Å². The average molecular weight is 370 g/mol. The van der Waals surface area contributed by atoms with Gasteiger partial charge in [-0.05, 0) is 58.5 Å². The summed E-state index contributed by atoms with van der Waals surface area (Å²) in [4.78, 5) is 3.18. The van der Waals surface area contributed by atoms with Gasteiger partial charge in [0, 0.05) is 16.2 Å². The SMILES string of the molecule is COc1ccc2[nH]c(=S)n(-c3ccc(Cl)c(Br)c3)c2c1. The topological polar surface area (TPSA) is 29.9 Å². The van der Waals surface area contributed by atoms with Crippen LogP contribution in [0.1, 0.15) is 0 Å². The molecule has 3 rings (SSSR count). The highest BCUT2D eigenvalue weighted by molar-refractivity contribution is 9.10. The minimum atomic E-state index is 0.627. The van der Waals surface area contributed by atoms with Gasteiger partial charge >= 0.3 is 0 Å². The van der Waals surface area contributed by atoms with Gasteiger partial charge in [-0.15, -0.1) is 0 Å². The van der Waals surface area contributed by atoms with E-state index in [0.29, 0.717) is 9.79 Å². The summed E-state index contributed by atoms with van der Waals surface area (Å²) < 4.78 is 8.68. The molecule has 1 N–H and O–H groups in total. The Morgan fingerprint density at radius 3 is 2.75 bits per heavy atom. The Hall–Kier alpha value is -1.30. The van der Waals surface area contributed by atoms with Crippen LogP contribution in [-0.4, -0.2) is 16.7 Å². The van der Waals surface area contributed by atoms with Crippen molar-refractivity contribution in [1.29, 1.82) is 0 Å². The third-order valence-electron chi connectivity index (χ3n) is 3.05. The van der Waals surface area contributed by atoms with Gasteiger partial charge in [0.05, 0.1) is 23.2 Å². The zero-order chi connectivity index (χ0) is 14.3. The van der Waals surface area contributed by atoms with Crippen molar-refractivity contribution in [1.82, 2.24) is 9.55 Å². The van der Waals surface area contributed by atoms with E-state index >= 15 is 0 Å². The number of hydrogen-bond donors (Lipinski definition) is 1. The van der Waals surface area contributed by atoms with Gasteiger partial charge in [0.15, 0.2) is 4.77 Å². The third kappa shape index (κ3) is 2.26. The standard InChI is InChI=1S/C14H10BrClN2OS/c1-19-9-3-5-12-13(7-9)18(14(20)17-12)8-2-4-11(16)10(15)6-8/h2-7H,1H3,(H,17,20). The maximum atomic E-state index is 6.04. The lowest BCUT2D eigenvalue weighted by molar-refractivity contribution is 0.415. The molecule has 0 saturated heterocycles. The number of imidazole rings is 1. The number of nitrogens with zero attached hydrogens (tertiary/aromatic N) is 1. The summed E-state index contributed by atoms with van der Waals surface area (Å²) in [5.41, 5.74) is 2.86. The first kappa shape index (κ1) is 13.7. The zero-order valence-corrected chi connectivity index (χ0v) is 13.6. The molecular weight excluding hydrogens is 360 g/mol. The highest BCUT2D eigenvalue weighted by Gasteiger charge is 2.09. The van der Waals surface area contributed by atoms with Crippen LogP contribution in [-0.2, 0) is 0 Å². The second-order valence-electron chi connectivity index (χ2n) is 4.25. The summed E-state index contributed by atoms with van der Waals surface area (Å²) in [6.45, 7) is 0. The van der Waals surface area contributed by atoms with Crippen molar-refractivity contribution in [3.63, 3.8) is 0 Å². The van der Waals surface area contributed by atoms with E-state index in [1.165, 1.54) is 0 Å². The summed E-state index contributed by atoms with van der Waals surface area (Å²) >= 11 is 14.9. The molecule has 3 aromatic rings. The third-order valence-corrected chi connectivity index (χ3v) is 4.55. The number of hydrogen-bond acceptors (Lipinski definition) is 2. The Morgan fingerprint density at radius 1 is 1.25 bits per heavy atom. The van der Waals surface area contributed by atoms with Crippen LogP contribution in [0.5, 0.6) is 5.75 Å². The highest BCUT2D eigenvalue weighted by Crippen LogP contribution is 2.28. The maximum absolute atomic E-state index is 6.04. The minimum Gasteiger partial charge on any atom is -0.497 e. The van der Waals surface area contributed by atoms with Crippen molar-refractivity contribution in [2.24, 2.45) is 0 Å². The second-order valence-corrected chi connectivity index (χ2v) is 5.90. The van der Waals surface area contributed by atoms with E-state index < -0.39 is 0 Å². The number of methoxy groups -OCH3 is 1. The lowest BCUT2D eigenvalue weighted by Crippen LogP contribution is -1.94. The first-order valence-electron chi connectivity index (χ1n) is 5.84. The molecule has 1 heterocycles. The van der Waals surface area contributed by atoms with Crippen LogP contribution in [0.3, 0.4) is 0 Å². The van der Waals surface area contributed by atoms with Crippen molar-refractivity contribution >= 4 is 50.8 Å². The normalized spacial score (nSPS) is 10.9. The smallest absolute Gasteiger partial charge is 0.182 e. The molecule has 0 radical (unpaired) electrons. The fraction of sp³-hybridized carbons (Fsp3) is 0.0714. The Morgan fingerprint density at radius 2 is 2.05 bits per heavy atom. The number of ether oxygens (including phenoxy) is 1. The lowest BCUT2D eigenvalue weighted by atomic mass is 10.2. The van der Waals surface area contributed by atoms with Crippen molar-refractivity contribution in [2.45, 2.75) is 0 Å². The molecule has 2 aromatic carbocycles. The minimum absolute atomic E-state index is 0.627. The first-order chi connectivity index (χ1) is 9.60. The number of aromatic amines is 1. The largest absolute Gasteiger partial charge is 0.497 e. The predicted octanol–water partition coefficient (Wildman–Crippen LogP) is 5.11. The molecule has 1 aromatic heterocycles. The molecular formula is C14H10BrClN2OS. The molecule has 0 bridgehead atoms. The van der Waals surface area contributed by atoms with Crippen molar-refractivity contribution < 1.29 is 4.74 Å². The summed E-state index contributed by atoms with van der Waals surface area (Å²) in [6, 6.07) is 11.5. The van der Waals surface area contributed by atoms with Gasteiger partial charge in [-0.3, -0.25) is 4.57 Å². The summed E-state index contributed by atoms with van der Waals surface area (Å²) in [5.74, 6) is 0.785. The molecule has 0 unspecified atom stereocenters. The number of aromatic nitrogens is 2. The fourth-order valence-electron chi connectivity index (χ4n) is 2.09. The van der Waals surface area contributed by atoms with E-state index in [1.807, 2.05) is 41.0 Å². The number of halogens is 2. The van der Waals surface area contributed by atoms with E-state index in [2.05, 4.69) is 20.9 Å². The molecule has 0 aliphatic rings. The molecule has 3 nitrogen and oxygen atoms in total. The van der Waals surface area contributed by atoms with Gasteiger partial charge < -0.3 is 9.72 Å². The van der Waals surface area contributed by atoms with Crippen molar-refractivity contribution in [2.75, 3.05) is 7.11 Å². The van der Waals surface area contributed by atoms with Crippen LogP contribution in [0.25, 0.3) is 16.7 Å². The van der Waals surface area contributed by atoms with Crippen molar-refractivity contribution in [3.05, 3.63) is 50.7 Å². The second kappa shape index (κ2) is 5.24. The molecule has 0 saturated carbocycles. The number of rotatable bonds is 2. The Labute approximate surface area is 134 Å². The van der Waals surface area contributed by atoms with Crippen LogP contribution >= 0.6 is 39.7 Å². The van der Waals surface area contributed by atoms with Gasteiger partial charge in [0.1, 0.15) is 5.75 Å². The summed E-state index contributed by atoms with van der Waals surface area (Å²) in [5, 5.41) is 0.665. The van der Waals surface area contributed by atoms with Gasteiger partial charge in [-0.25, -0.2) is 0 Å². The quantitative estimate of drug-likeness (QED) is 0.636. The first-order valence-corrected chi connectivity index (χ1v) is 7.42. The summed E-state index contributed by atoms with van der Waals surface area (Å²) in [7, 11) is 1.64. The van der Waals surface area contributed by atoms with Gasteiger partial charge in [-0.2, -0.15) is 0 Å². The van der Waals surface area contributed by atoms with Gasteiger partial charge in [-0.1, -0.05) is 11.6 Å². The summed E-state index contributed by atoms with van der Waals surface area (Å²) in [6.07, 6.45) is 0. The monoisotopic (exact) mass is 368 g/mol. The van der Waals surface area contributed by atoms with Gasteiger partial charge in [0.25, 0.3) is 0 Å². The Kier molecular flexibility index (Phi) is 3.58. The molecule has 0 atom stereocenters. The number of fused-ring (bicyclic) bond motifs is 1. The van der Waals surface area contributed by atoms with Crippen LogP contribution in [0.4, 0.5) is 0 Å². The lowest BCUT2D eigenvalue weighted by Gasteiger charge is -2.07. The van der Waals surface area contributed by atoms with Crippen LogP contribution in [0.2, 0.25) is 5.02 Å². The van der Waals surface area contributed by atoms with E-state index in [1.54, 1.807) is 7.11 Å². The molecule has 0 amide bonds. The average Bonchev–Trinajstić information content (AvgIpc) is 2.77. The van der Waals surface area contributed by atoms with E-state index in [0.717, 1.165) is 26.9 Å². The highest BCUT2D eigenvalue weighted by atomic mass is 79.9. The van der Waals surface area contributed by atoms with Crippen molar-refractivity contribution in [3.8, 4) is 11.4 Å². The molecule has 0 aliphatic carbocycles. The number of H-pyrrole nitrogens is 1. The Bertz CT molecular complexity index is 856. The predicted molar refractivity (Wildman–Crippen MR) is 87.7 cm³/mol. The zero-order valence-electron chi connectivity index (χ0n) is 10.5. The van der Waals surface area contributed by atoms with E-state index in [-0.39, 0.29) is 0 Å². The van der Waals surface area contributed by atoms with Crippen LogP contribution in [0, 0.1) is 4.77 Å². The molecule has 102 valence electrons. The molecule has 0 spiro atoms. The molecule has 6 heteroatoms.